The second-order valence-corrected chi connectivity index (χ2v) is 5.28. The molecule has 2 atom stereocenters. The van der Waals surface area contributed by atoms with Crippen molar-refractivity contribution in [1.29, 1.82) is 0 Å². The molecule has 1 aromatic rings. The molecule has 0 saturated heterocycles. The molecule has 0 aliphatic rings. The van der Waals surface area contributed by atoms with Gasteiger partial charge >= 0.3 is 0 Å². The number of aliphatic hydroxyl groups excluding tert-OH is 1. The predicted molar refractivity (Wildman–Crippen MR) is 82.3 cm³/mol. The highest BCUT2D eigenvalue weighted by atomic mass is 35.5. The monoisotopic (exact) mass is 312 g/mol. The average Bonchev–Trinajstić information content (AvgIpc) is 2.47. The van der Waals surface area contributed by atoms with E-state index >= 15 is 0 Å². The van der Waals surface area contributed by atoms with Gasteiger partial charge in [-0.15, -0.1) is 0 Å². The molecule has 0 aliphatic carbocycles. The lowest BCUT2D eigenvalue weighted by Crippen LogP contribution is -2.45. The summed E-state index contributed by atoms with van der Waals surface area (Å²) in [6.45, 7) is 3.87. The first-order valence-electron chi connectivity index (χ1n) is 6.96. The molecule has 1 aromatic carbocycles. The Morgan fingerprint density at radius 3 is 2.48 bits per heavy atom. The van der Waals surface area contributed by atoms with Crippen LogP contribution in [0.25, 0.3) is 0 Å². The van der Waals surface area contributed by atoms with Crippen molar-refractivity contribution in [2.45, 2.75) is 38.8 Å². The van der Waals surface area contributed by atoms with Crippen LogP contribution in [0.1, 0.15) is 37.0 Å². The maximum atomic E-state index is 11.9. The van der Waals surface area contributed by atoms with Gasteiger partial charge in [-0.3, -0.25) is 9.59 Å². The highest BCUT2D eigenvalue weighted by Crippen LogP contribution is 2.09. The van der Waals surface area contributed by atoms with Crippen molar-refractivity contribution in [1.82, 2.24) is 10.6 Å². The third kappa shape index (κ3) is 6.14. The van der Waals surface area contributed by atoms with Crippen LogP contribution >= 0.6 is 11.6 Å². The first-order valence-corrected chi connectivity index (χ1v) is 7.34. The summed E-state index contributed by atoms with van der Waals surface area (Å²) >= 11 is 5.75. The lowest BCUT2D eigenvalue weighted by Gasteiger charge is -2.15. The number of aliphatic hydroxyl groups is 1. The summed E-state index contributed by atoms with van der Waals surface area (Å²) in [5.74, 6) is -0.608. The van der Waals surface area contributed by atoms with E-state index in [-0.39, 0.29) is 11.8 Å². The van der Waals surface area contributed by atoms with E-state index in [0.717, 1.165) is 0 Å². The molecule has 2 unspecified atom stereocenters. The molecular weight excluding hydrogens is 292 g/mol. The van der Waals surface area contributed by atoms with Crippen LogP contribution in [-0.2, 0) is 4.79 Å². The van der Waals surface area contributed by atoms with Gasteiger partial charge in [-0.05, 0) is 44.0 Å². The number of amides is 2. The zero-order valence-electron chi connectivity index (χ0n) is 12.2. The van der Waals surface area contributed by atoms with Gasteiger partial charge in [-0.1, -0.05) is 18.5 Å². The Hall–Kier alpha value is -1.59. The number of rotatable bonds is 7. The van der Waals surface area contributed by atoms with Gasteiger partial charge in [0.2, 0.25) is 5.91 Å². The molecule has 0 aromatic heterocycles. The summed E-state index contributed by atoms with van der Waals surface area (Å²) in [6, 6.07) is 5.78. The normalized spacial score (nSPS) is 13.3. The van der Waals surface area contributed by atoms with Crippen molar-refractivity contribution in [3.8, 4) is 0 Å². The van der Waals surface area contributed by atoms with Crippen LogP contribution in [0.15, 0.2) is 24.3 Å². The highest BCUT2D eigenvalue weighted by molar-refractivity contribution is 6.30. The lowest BCUT2D eigenvalue weighted by molar-refractivity contribution is -0.122. The summed E-state index contributed by atoms with van der Waals surface area (Å²) in [5.41, 5.74) is 0.445. The summed E-state index contributed by atoms with van der Waals surface area (Å²) in [6.07, 6.45) is 0.739. The van der Waals surface area contributed by atoms with Crippen LogP contribution < -0.4 is 10.6 Å². The standard InChI is InChI=1S/C15H21ClN2O3/c1-3-13(19)8-9-17-14(20)10(2)18-15(21)11-4-6-12(16)7-5-11/h4-7,10,13,19H,3,8-9H2,1-2H3,(H,17,20)(H,18,21). The Labute approximate surface area is 129 Å². The Kier molecular flexibility index (Phi) is 7.19. The summed E-state index contributed by atoms with van der Waals surface area (Å²) in [7, 11) is 0. The van der Waals surface area contributed by atoms with Crippen LogP contribution in [0, 0.1) is 0 Å². The fourth-order valence-corrected chi connectivity index (χ4v) is 1.79. The van der Waals surface area contributed by atoms with Gasteiger partial charge in [0.25, 0.3) is 5.91 Å². The van der Waals surface area contributed by atoms with Gasteiger partial charge in [0, 0.05) is 17.1 Å². The van der Waals surface area contributed by atoms with E-state index in [2.05, 4.69) is 10.6 Å². The van der Waals surface area contributed by atoms with E-state index < -0.39 is 12.1 Å². The number of benzene rings is 1. The number of hydrogen-bond donors (Lipinski definition) is 3. The summed E-state index contributed by atoms with van der Waals surface area (Å²) in [5, 5.41) is 15.2. The molecule has 0 fully saturated rings. The van der Waals surface area contributed by atoms with E-state index in [1.54, 1.807) is 31.2 Å². The predicted octanol–water partition coefficient (Wildman–Crippen LogP) is 1.74. The average molecular weight is 313 g/mol. The van der Waals surface area contributed by atoms with Gasteiger partial charge in [-0.25, -0.2) is 0 Å². The molecule has 116 valence electrons. The molecule has 3 N–H and O–H groups in total. The van der Waals surface area contributed by atoms with Gasteiger partial charge < -0.3 is 15.7 Å². The largest absolute Gasteiger partial charge is 0.393 e. The minimum absolute atomic E-state index is 0.277. The molecule has 0 bridgehead atoms. The zero-order chi connectivity index (χ0) is 15.8. The SMILES string of the molecule is CCC(O)CCNC(=O)C(C)NC(=O)c1ccc(Cl)cc1. The van der Waals surface area contributed by atoms with Gasteiger partial charge in [0.05, 0.1) is 6.10 Å². The van der Waals surface area contributed by atoms with Crippen molar-refractivity contribution in [3.05, 3.63) is 34.9 Å². The number of nitrogens with one attached hydrogen (secondary N) is 2. The minimum atomic E-state index is -0.646. The number of carbonyl (C=O) groups is 2. The molecule has 5 nitrogen and oxygen atoms in total. The van der Waals surface area contributed by atoms with E-state index in [1.807, 2.05) is 6.92 Å². The van der Waals surface area contributed by atoms with E-state index in [1.165, 1.54) is 0 Å². The first-order chi connectivity index (χ1) is 9.93. The second-order valence-electron chi connectivity index (χ2n) is 4.84. The highest BCUT2D eigenvalue weighted by Gasteiger charge is 2.16. The van der Waals surface area contributed by atoms with Crippen molar-refractivity contribution >= 4 is 23.4 Å². The van der Waals surface area contributed by atoms with Crippen LogP contribution in [-0.4, -0.2) is 35.6 Å². The molecule has 0 aliphatic heterocycles. The number of hydrogen-bond acceptors (Lipinski definition) is 3. The maximum Gasteiger partial charge on any atom is 0.251 e. The van der Waals surface area contributed by atoms with Crippen molar-refractivity contribution in [2.75, 3.05) is 6.54 Å². The molecular formula is C15H21ClN2O3. The zero-order valence-corrected chi connectivity index (χ0v) is 13.0. The Bertz CT molecular complexity index is 476. The molecule has 0 saturated carbocycles. The van der Waals surface area contributed by atoms with E-state index in [9.17, 15) is 14.7 Å². The maximum absolute atomic E-state index is 11.9. The molecule has 21 heavy (non-hydrogen) atoms. The molecule has 1 rings (SSSR count). The molecule has 0 heterocycles. The minimum Gasteiger partial charge on any atom is -0.393 e. The van der Waals surface area contributed by atoms with Crippen LogP contribution in [0.5, 0.6) is 0 Å². The van der Waals surface area contributed by atoms with Crippen LogP contribution in [0.2, 0.25) is 5.02 Å². The summed E-state index contributed by atoms with van der Waals surface area (Å²) in [4.78, 5) is 23.7. The summed E-state index contributed by atoms with van der Waals surface area (Å²) < 4.78 is 0. The Morgan fingerprint density at radius 1 is 1.29 bits per heavy atom. The number of halogens is 1. The Morgan fingerprint density at radius 2 is 1.90 bits per heavy atom. The smallest absolute Gasteiger partial charge is 0.251 e. The molecule has 0 spiro atoms. The van der Waals surface area contributed by atoms with Gasteiger partial charge in [-0.2, -0.15) is 0 Å². The molecule has 0 radical (unpaired) electrons. The fraction of sp³-hybridized carbons (Fsp3) is 0.467. The topological polar surface area (TPSA) is 78.4 Å². The van der Waals surface area contributed by atoms with Crippen molar-refractivity contribution < 1.29 is 14.7 Å². The van der Waals surface area contributed by atoms with E-state index in [0.29, 0.717) is 30.0 Å². The van der Waals surface area contributed by atoms with Crippen LogP contribution in [0.3, 0.4) is 0 Å². The fourth-order valence-electron chi connectivity index (χ4n) is 1.67. The van der Waals surface area contributed by atoms with Crippen LogP contribution in [0.4, 0.5) is 0 Å². The quantitative estimate of drug-likeness (QED) is 0.717. The van der Waals surface area contributed by atoms with Crippen molar-refractivity contribution in [2.24, 2.45) is 0 Å². The third-order valence-corrected chi connectivity index (χ3v) is 3.35. The van der Waals surface area contributed by atoms with Crippen molar-refractivity contribution in [3.63, 3.8) is 0 Å². The third-order valence-electron chi connectivity index (χ3n) is 3.10. The van der Waals surface area contributed by atoms with E-state index in [4.69, 9.17) is 11.6 Å². The second kappa shape index (κ2) is 8.64. The van der Waals surface area contributed by atoms with Gasteiger partial charge in [0.1, 0.15) is 6.04 Å². The van der Waals surface area contributed by atoms with Gasteiger partial charge in [0.15, 0.2) is 0 Å². The lowest BCUT2D eigenvalue weighted by atomic mass is 10.2. The molecule has 6 heteroatoms. The first kappa shape index (κ1) is 17.5. The number of carbonyl (C=O) groups excluding carboxylic acids is 2. The molecule has 2 amide bonds. The Balaban J connectivity index is 2.41.